The molecule has 0 radical (unpaired) electrons. The van der Waals surface area contributed by atoms with Gasteiger partial charge >= 0.3 is 0 Å². The molecule has 0 saturated heterocycles. The fourth-order valence-electron chi connectivity index (χ4n) is 0.105. The Bertz CT molecular complexity index is 113. The molecule has 0 fully saturated rings. The van der Waals surface area contributed by atoms with Gasteiger partial charge in [0.1, 0.15) is 0 Å². The van der Waals surface area contributed by atoms with Gasteiger partial charge in [-0.05, 0) is 0 Å². The molecule has 3 heteroatoms. The van der Waals surface area contributed by atoms with Gasteiger partial charge in [-0.15, -0.1) is 5.73 Å². The summed E-state index contributed by atoms with van der Waals surface area (Å²) in [5, 5.41) is 8.24. The van der Waals surface area contributed by atoms with Crippen molar-refractivity contribution in [3.05, 3.63) is 17.7 Å². The van der Waals surface area contributed by atoms with Crippen LogP contribution in [0.3, 0.4) is 0 Å². The van der Waals surface area contributed by atoms with Crippen LogP contribution in [0.25, 0.3) is 0 Å². The largest absolute Gasteiger partial charge is 0.378 e. The summed E-state index contributed by atoms with van der Waals surface area (Å²) < 4.78 is 0. The first-order chi connectivity index (χ1) is 3.27. The highest BCUT2D eigenvalue weighted by Gasteiger charge is 1.77. The standard InChI is InChI=1S/C4H6N2S/c1-2-3-7-4(5)6/h3H,1H2,(H3,5,6). The highest BCUT2D eigenvalue weighted by Crippen LogP contribution is 1.95. The fourth-order valence-corrected chi connectivity index (χ4v) is 0.315. The lowest BCUT2D eigenvalue weighted by atomic mass is 11.0. The van der Waals surface area contributed by atoms with Crippen molar-refractivity contribution in [2.75, 3.05) is 0 Å². The molecule has 0 heterocycles. The van der Waals surface area contributed by atoms with Crippen molar-refractivity contribution >= 4 is 16.9 Å². The summed E-state index contributed by atoms with van der Waals surface area (Å²) >= 11 is 1.09. The van der Waals surface area contributed by atoms with Crippen LogP contribution in [0.2, 0.25) is 0 Å². The summed E-state index contributed by atoms with van der Waals surface area (Å²) in [7, 11) is 0. The molecule has 0 rings (SSSR count). The molecule has 0 saturated carbocycles. The smallest absolute Gasteiger partial charge is 0.155 e. The van der Waals surface area contributed by atoms with E-state index in [9.17, 15) is 0 Å². The van der Waals surface area contributed by atoms with Gasteiger partial charge in [-0.1, -0.05) is 18.3 Å². The van der Waals surface area contributed by atoms with E-state index in [1.807, 2.05) is 0 Å². The van der Waals surface area contributed by atoms with Crippen LogP contribution in [0, 0.1) is 5.41 Å². The Hall–Kier alpha value is -0.660. The van der Waals surface area contributed by atoms with Gasteiger partial charge in [0.25, 0.3) is 0 Å². The Morgan fingerprint density at radius 1 is 2.00 bits per heavy atom. The second-order valence-electron chi connectivity index (χ2n) is 0.804. The molecule has 3 N–H and O–H groups in total. The summed E-state index contributed by atoms with van der Waals surface area (Å²) in [5.74, 6) is 0. The molecule has 0 unspecified atom stereocenters. The molecular formula is C4H6N2S. The second kappa shape index (κ2) is 3.53. The number of hydrogen-bond donors (Lipinski definition) is 2. The van der Waals surface area contributed by atoms with E-state index in [0.29, 0.717) is 0 Å². The highest BCUT2D eigenvalue weighted by molar-refractivity contribution is 8.16. The Labute approximate surface area is 46.6 Å². The second-order valence-corrected chi connectivity index (χ2v) is 1.72. The molecular weight excluding hydrogens is 108 g/mol. The Morgan fingerprint density at radius 3 is 2.71 bits per heavy atom. The molecule has 0 bridgehead atoms. The first-order valence-electron chi connectivity index (χ1n) is 1.62. The third-order valence-electron chi connectivity index (χ3n) is 0.269. The zero-order valence-corrected chi connectivity index (χ0v) is 4.59. The molecule has 0 aliphatic carbocycles. The zero-order chi connectivity index (χ0) is 5.70. The van der Waals surface area contributed by atoms with Gasteiger partial charge in [0.05, 0.1) is 0 Å². The molecule has 0 amide bonds. The topological polar surface area (TPSA) is 49.9 Å². The summed E-state index contributed by atoms with van der Waals surface area (Å²) in [4.78, 5) is 0. The monoisotopic (exact) mass is 114 g/mol. The molecule has 0 spiro atoms. The van der Waals surface area contributed by atoms with Crippen molar-refractivity contribution in [1.82, 2.24) is 0 Å². The first kappa shape index (κ1) is 6.34. The molecule has 0 aromatic rings. The van der Waals surface area contributed by atoms with Gasteiger partial charge in [-0.2, -0.15) is 0 Å². The van der Waals surface area contributed by atoms with Gasteiger partial charge in [0.15, 0.2) is 5.17 Å². The van der Waals surface area contributed by atoms with Gasteiger partial charge < -0.3 is 5.73 Å². The minimum Gasteiger partial charge on any atom is -0.378 e. The highest BCUT2D eigenvalue weighted by atomic mass is 32.2. The van der Waals surface area contributed by atoms with Crippen LogP contribution in [-0.2, 0) is 0 Å². The van der Waals surface area contributed by atoms with Crippen LogP contribution in [0.1, 0.15) is 0 Å². The fraction of sp³-hybridized carbons (Fsp3) is 0. The van der Waals surface area contributed by atoms with E-state index in [1.165, 1.54) is 5.41 Å². The van der Waals surface area contributed by atoms with Crippen molar-refractivity contribution in [2.45, 2.75) is 0 Å². The summed E-state index contributed by atoms with van der Waals surface area (Å²) in [6.45, 7) is 3.28. The summed E-state index contributed by atoms with van der Waals surface area (Å²) in [6, 6.07) is 0. The molecule has 0 aromatic carbocycles. The average Bonchev–Trinajstić information content (AvgIpc) is 1.61. The quantitative estimate of drug-likeness (QED) is 0.302. The SMILES string of the molecule is C=C=CSC(=N)N. The van der Waals surface area contributed by atoms with Crippen LogP contribution >= 0.6 is 11.8 Å². The number of rotatable bonds is 1. The van der Waals surface area contributed by atoms with E-state index in [0.717, 1.165) is 11.8 Å². The van der Waals surface area contributed by atoms with E-state index < -0.39 is 0 Å². The number of nitrogens with two attached hydrogens (primary N) is 1. The number of nitrogens with one attached hydrogen (secondary N) is 1. The van der Waals surface area contributed by atoms with Crippen LogP contribution in [0.15, 0.2) is 17.7 Å². The van der Waals surface area contributed by atoms with Crippen LogP contribution in [0.5, 0.6) is 0 Å². The van der Waals surface area contributed by atoms with Gasteiger partial charge in [-0.25, -0.2) is 0 Å². The minimum absolute atomic E-state index is 0.0659. The molecule has 0 atom stereocenters. The van der Waals surface area contributed by atoms with Crippen LogP contribution < -0.4 is 5.73 Å². The molecule has 0 aromatic heterocycles. The van der Waals surface area contributed by atoms with E-state index in [-0.39, 0.29) is 5.17 Å². The Morgan fingerprint density at radius 2 is 2.57 bits per heavy atom. The number of amidine groups is 1. The normalized spacial score (nSPS) is 6.86. The molecule has 38 valence electrons. The molecule has 0 aliphatic heterocycles. The van der Waals surface area contributed by atoms with E-state index in [4.69, 9.17) is 11.1 Å². The maximum absolute atomic E-state index is 6.64. The van der Waals surface area contributed by atoms with Crippen molar-refractivity contribution in [3.63, 3.8) is 0 Å². The van der Waals surface area contributed by atoms with E-state index in [1.54, 1.807) is 0 Å². The lowest BCUT2D eigenvalue weighted by Gasteiger charge is -1.80. The van der Waals surface area contributed by atoms with Crippen LogP contribution in [-0.4, -0.2) is 5.17 Å². The maximum Gasteiger partial charge on any atom is 0.155 e. The average molecular weight is 114 g/mol. The zero-order valence-electron chi connectivity index (χ0n) is 3.77. The molecule has 7 heavy (non-hydrogen) atoms. The lowest BCUT2D eigenvalue weighted by molar-refractivity contribution is 1.51. The first-order valence-corrected chi connectivity index (χ1v) is 2.50. The van der Waals surface area contributed by atoms with Crippen molar-refractivity contribution in [1.29, 1.82) is 5.41 Å². The van der Waals surface area contributed by atoms with E-state index >= 15 is 0 Å². The van der Waals surface area contributed by atoms with Gasteiger partial charge in [0.2, 0.25) is 0 Å². The lowest BCUT2D eigenvalue weighted by Crippen LogP contribution is -2.00. The van der Waals surface area contributed by atoms with Crippen LogP contribution in [0.4, 0.5) is 0 Å². The van der Waals surface area contributed by atoms with Gasteiger partial charge in [0, 0.05) is 5.41 Å². The Kier molecular flexibility index (Phi) is 3.19. The third-order valence-corrected chi connectivity index (χ3v) is 0.808. The van der Waals surface area contributed by atoms with Crippen molar-refractivity contribution in [3.8, 4) is 0 Å². The number of thioether (sulfide) groups is 1. The maximum atomic E-state index is 6.64. The minimum atomic E-state index is 0.0659. The van der Waals surface area contributed by atoms with E-state index in [2.05, 4.69) is 12.3 Å². The Balaban J connectivity index is 3.32. The van der Waals surface area contributed by atoms with Crippen molar-refractivity contribution in [2.24, 2.45) is 5.73 Å². The predicted molar refractivity (Wildman–Crippen MR) is 33.2 cm³/mol. The summed E-state index contributed by atoms with van der Waals surface area (Å²) in [5.41, 5.74) is 7.39. The molecule has 2 nitrogen and oxygen atoms in total. The van der Waals surface area contributed by atoms with Gasteiger partial charge in [-0.3, -0.25) is 5.41 Å². The van der Waals surface area contributed by atoms with Crippen molar-refractivity contribution < 1.29 is 0 Å². The summed E-state index contributed by atoms with van der Waals surface area (Å²) in [6.07, 6.45) is 0. The molecule has 0 aliphatic rings. The predicted octanol–water partition coefficient (Wildman–Crippen LogP) is 0.912. The number of hydrogen-bond acceptors (Lipinski definition) is 2. The third kappa shape index (κ3) is 5.34.